The molecule has 0 aromatic carbocycles. The van der Waals surface area contributed by atoms with Crippen LogP contribution in [-0.4, -0.2) is 117 Å². The van der Waals surface area contributed by atoms with Gasteiger partial charge in [-0.2, -0.15) is 0 Å². The lowest BCUT2D eigenvalue weighted by atomic mass is 9.96. The van der Waals surface area contributed by atoms with Gasteiger partial charge in [-0.1, -0.05) is 15.3 Å². The van der Waals surface area contributed by atoms with Gasteiger partial charge in [0.05, 0.1) is 43.6 Å². The van der Waals surface area contributed by atoms with Gasteiger partial charge in [-0.25, -0.2) is 0 Å². The van der Waals surface area contributed by atoms with Gasteiger partial charge in [-0.15, -0.1) is 0 Å². The number of hydrogen-bond acceptors (Lipinski definition) is 12. The highest BCUT2D eigenvalue weighted by Crippen LogP contribution is 2.27. The zero-order chi connectivity index (χ0) is 27.3. The first-order valence-electron chi connectivity index (χ1n) is 10.8. The Bertz CT molecular complexity index is 847. The van der Waals surface area contributed by atoms with E-state index in [2.05, 4.69) is 35.4 Å². The molecular formula is C17H30N10O9. The van der Waals surface area contributed by atoms with Crippen molar-refractivity contribution in [1.82, 2.24) is 5.32 Å². The Hall–Kier alpha value is -2.92. The van der Waals surface area contributed by atoms with Crippen molar-refractivity contribution in [2.45, 2.75) is 80.8 Å². The third-order valence-electron chi connectivity index (χ3n) is 5.43. The fraction of sp³-hybridized carbons (Fsp3) is 0.941. The van der Waals surface area contributed by atoms with Gasteiger partial charge in [0.15, 0.2) is 6.29 Å². The van der Waals surface area contributed by atoms with Crippen LogP contribution in [0.4, 0.5) is 0 Å². The van der Waals surface area contributed by atoms with E-state index in [1.807, 2.05) is 0 Å². The molecule has 0 radical (unpaired) electrons. The number of rotatable bonds is 15. The Labute approximate surface area is 204 Å². The second-order valence-corrected chi connectivity index (χ2v) is 7.88. The number of nitrogens with one attached hydrogen (secondary N) is 1. The number of azide groups is 3. The van der Waals surface area contributed by atoms with Gasteiger partial charge in [0.2, 0.25) is 5.91 Å². The Kier molecular flexibility index (Phi) is 13.8. The number of hydrogen-bond donors (Lipinski definition) is 7. The normalized spacial score (nSPS) is 27.7. The van der Waals surface area contributed by atoms with Crippen molar-refractivity contribution < 1.29 is 44.9 Å². The average molecular weight is 518 g/mol. The summed E-state index contributed by atoms with van der Waals surface area (Å²) in [5.41, 5.74) is 26.1. The predicted molar refractivity (Wildman–Crippen MR) is 118 cm³/mol. The second-order valence-electron chi connectivity index (χ2n) is 7.88. The largest absolute Gasteiger partial charge is 0.394 e. The summed E-state index contributed by atoms with van der Waals surface area (Å²) >= 11 is 0. The third-order valence-corrected chi connectivity index (χ3v) is 5.43. The van der Waals surface area contributed by atoms with Crippen LogP contribution in [0.3, 0.4) is 0 Å². The highest BCUT2D eigenvalue weighted by molar-refractivity contribution is 5.80. The van der Waals surface area contributed by atoms with Crippen molar-refractivity contribution in [3.63, 3.8) is 0 Å². The molecule has 1 rings (SSSR count). The first-order chi connectivity index (χ1) is 17.1. The van der Waals surface area contributed by atoms with Crippen molar-refractivity contribution in [3.8, 4) is 0 Å². The molecule has 1 amide bonds. The van der Waals surface area contributed by atoms with Crippen molar-refractivity contribution >= 4 is 5.91 Å². The molecule has 7 N–H and O–H groups in total. The number of aliphatic hydroxyl groups excluding tert-OH is 6. The minimum absolute atomic E-state index is 0.157. The summed E-state index contributed by atoms with van der Waals surface area (Å²) in [5.74, 6) is -0.905. The Morgan fingerprint density at radius 3 is 2.36 bits per heavy atom. The van der Waals surface area contributed by atoms with Crippen LogP contribution in [0.5, 0.6) is 0 Å². The van der Waals surface area contributed by atoms with Crippen molar-refractivity contribution in [3.05, 3.63) is 31.3 Å². The van der Waals surface area contributed by atoms with Crippen molar-refractivity contribution in [2.75, 3.05) is 19.8 Å². The molecule has 1 saturated heterocycles. The number of ether oxygens (including phenoxy) is 2. The number of aliphatic hydroxyl groups is 6. The zero-order valence-corrected chi connectivity index (χ0v) is 19.2. The van der Waals surface area contributed by atoms with E-state index in [1.54, 1.807) is 0 Å². The van der Waals surface area contributed by atoms with Crippen LogP contribution in [0.15, 0.2) is 15.3 Å². The zero-order valence-electron chi connectivity index (χ0n) is 19.2. The maximum Gasteiger partial charge on any atom is 0.249 e. The molecule has 1 aliphatic heterocycles. The standard InChI is InChI=1S/C17H30N10O9/c1-7(30)8(22-16(34)10(31)2-3-21-25-18)4-9(23-26-19)11(5-28)35-17-13(24-27-20)15(33)14(32)12(6-29)36-17/h7-15,17,28-33H,2-6H2,1H3,(H,22,34)/t7?,8-,9?,10?,11+,12?,13?,14-,15-,17+/m1/s1. The lowest BCUT2D eigenvalue weighted by molar-refractivity contribution is -0.281. The molecule has 1 aliphatic rings. The van der Waals surface area contributed by atoms with Crippen LogP contribution in [0.25, 0.3) is 31.3 Å². The maximum absolute atomic E-state index is 12.3. The van der Waals surface area contributed by atoms with Gasteiger partial charge >= 0.3 is 0 Å². The lowest BCUT2D eigenvalue weighted by Crippen LogP contribution is -2.59. The Balaban J connectivity index is 3.07. The molecule has 1 fully saturated rings. The van der Waals surface area contributed by atoms with E-state index in [1.165, 1.54) is 6.92 Å². The van der Waals surface area contributed by atoms with Crippen LogP contribution in [0.2, 0.25) is 0 Å². The van der Waals surface area contributed by atoms with E-state index >= 15 is 0 Å². The molecule has 36 heavy (non-hydrogen) atoms. The number of amides is 1. The topological polar surface area (TPSA) is 315 Å². The van der Waals surface area contributed by atoms with E-state index in [4.69, 9.17) is 26.1 Å². The third kappa shape index (κ3) is 8.94. The molecular weight excluding hydrogens is 488 g/mol. The summed E-state index contributed by atoms with van der Waals surface area (Å²) in [5, 5.41) is 72.0. The molecule has 0 saturated carbocycles. The summed E-state index contributed by atoms with van der Waals surface area (Å²) in [6, 6.07) is -3.89. The number of carbonyl (C=O) groups excluding carboxylic acids is 1. The molecule has 1 heterocycles. The molecule has 0 aromatic rings. The van der Waals surface area contributed by atoms with E-state index in [9.17, 15) is 35.4 Å². The summed E-state index contributed by atoms with van der Waals surface area (Å²) in [7, 11) is 0. The Morgan fingerprint density at radius 2 is 1.83 bits per heavy atom. The van der Waals surface area contributed by atoms with Crippen molar-refractivity contribution in [2.24, 2.45) is 15.3 Å². The van der Waals surface area contributed by atoms with Gasteiger partial charge in [-0.05, 0) is 36.4 Å². The fourth-order valence-corrected chi connectivity index (χ4v) is 3.40. The quantitative estimate of drug-likeness (QED) is 0.0750. The summed E-state index contributed by atoms with van der Waals surface area (Å²) < 4.78 is 11.0. The summed E-state index contributed by atoms with van der Waals surface area (Å²) in [6.07, 6.45) is -10.9. The minimum Gasteiger partial charge on any atom is -0.394 e. The highest BCUT2D eigenvalue weighted by Gasteiger charge is 2.46. The fourth-order valence-electron chi connectivity index (χ4n) is 3.40. The molecule has 5 unspecified atom stereocenters. The van der Waals surface area contributed by atoms with Crippen LogP contribution in [0.1, 0.15) is 19.8 Å². The molecule has 202 valence electrons. The number of carbonyl (C=O) groups is 1. The molecule has 19 nitrogen and oxygen atoms in total. The van der Waals surface area contributed by atoms with Crippen molar-refractivity contribution in [1.29, 1.82) is 0 Å². The van der Waals surface area contributed by atoms with Gasteiger partial charge in [0.25, 0.3) is 0 Å². The minimum atomic E-state index is -1.70. The van der Waals surface area contributed by atoms with Crippen LogP contribution in [0, 0.1) is 0 Å². The van der Waals surface area contributed by atoms with Gasteiger partial charge in [-0.3, -0.25) is 4.79 Å². The van der Waals surface area contributed by atoms with E-state index in [0.29, 0.717) is 0 Å². The van der Waals surface area contributed by atoms with Gasteiger partial charge in [0, 0.05) is 21.3 Å². The maximum atomic E-state index is 12.3. The van der Waals surface area contributed by atoms with Crippen LogP contribution >= 0.6 is 0 Å². The van der Waals surface area contributed by atoms with E-state index in [0.717, 1.165) is 0 Å². The van der Waals surface area contributed by atoms with Crippen LogP contribution in [-0.2, 0) is 14.3 Å². The number of nitrogens with zero attached hydrogens (tertiary/aromatic N) is 9. The molecule has 0 spiro atoms. The van der Waals surface area contributed by atoms with Gasteiger partial charge < -0.3 is 45.4 Å². The lowest BCUT2D eigenvalue weighted by Gasteiger charge is -2.42. The highest BCUT2D eigenvalue weighted by atomic mass is 16.7. The predicted octanol–water partition coefficient (Wildman–Crippen LogP) is -1.52. The molecule has 0 aromatic heterocycles. The first kappa shape index (κ1) is 31.1. The summed E-state index contributed by atoms with van der Waals surface area (Å²) in [6.45, 7) is -0.382. The molecule has 10 atom stereocenters. The molecule has 19 heteroatoms. The van der Waals surface area contributed by atoms with E-state index < -0.39 is 80.2 Å². The smallest absolute Gasteiger partial charge is 0.249 e. The average Bonchev–Trinajstić information content (AvgIpc) is 2.85. The van der Waals surface area contributed by atoms with Gasteiger partial charge in [0.1, 0.15) is 24.4 Å². The monoisotopic (exact) mass is 518 g/mol. The molecule has 0 aliphatic carbocycles. The first-order valence-corrected chi connectivity index (χ1v) is 10.8. The SMILES string of the molecule is CC(O)[C@@H](CC(N=[N+]=[N-])[C@H](CO)O[C@H]1OC(CO)[C@@H](O)[C@H](O)C1N=[N+]=[N-])NC(=O)C(O)CCN=[N+]=[N-]. The summed E-state index contributed by atoms with van der Waals surface area (Å²) in [4.78, 5) is 20.0. The second kappa shape index (κ2) is 15.9. The van der Waals surface area contributed by atoms with Crippen LogP contribution < -0.4 is 5.32 Å². The Morgan fingerprint density at radius 1 is 1.14 bits per heavy atom. The van der Waals surface area contributed by atoms with E-state index in [-0.39, 0.29) is 19.4 Å². The molecule has 0 bridgehead atoms.